The minimum atomic E-state index is -0.248. The van der Waals surface area contributed by atoms with Gasteiger partial charge in [-0.05, 0) is 49.4 Å². The van der Waals surface area contributed by atoms with Crippen LogP contribution in [-0.4, -0.2) is 23.3 Å². The van der Waals surface area contributed by atoms with Crippen LogP contribution in [0, 0.1) is 25.6 Å². The van der Waals surface area contributed by atoms with Crippen molar-refractivity contribution in [3.05, 3.63) is 70.5 Å². The van der Waals surface area contributed by atoms with E-state index in [-0.39, 0.29) is 29.6 Å². The molecule has 1 aliphatic rings. The molecular weight excluding hydrogens is 355 g/mol. The second kappa shape index (κ2) is 8.55. The summed E-state index contributed by atoms with van der Waals surface area (Å²) in [6, 6.07) is 12.9. The van der Waals surface area contributed by atoms with Gasteiger partial charge in [-0.1, -0.05) is 42.0 Å². The zero-order chi connectivity index (χ0) is 20.3. The highest BCUT2D eigenvalue weighted by Gasteiger charge is 2.34. The molecule has 2 amide bonds. The molecule has 2 aromatic carbocycles. The Hall–Kier alpha value is -2.69. The van der Waals surface area contributed by atoms with Crippen molar-refractivity contribution in [1.29, 1.82) is 0 Å². The lowest BCUT2D eigenvalue weighted by atomic mass is 9.88. The van der Waals surface area contributed by atoms with E-state index in [0.717, 1.165) is 16.7 Å². The molecule has 0 radical (unpaired) electrons. The molecule has 2 aromatic rings. The summed E-state index contributed by atoms with van der Waals surface area (Å²) in [5.41, 5.74) is 3.71. The van der Waals surface area contributed by atoms with Gasteiger partial charge in [-0.25, -0.2) is 4.39 Å². The molecule has 0 saturated carbocycles. The van der Waals surface area contributed by atoms with Crippen LogP contribution in [0.3, 0.4) is 0 Å². The van der Waals surface area contributed by atoms with Gasteiger partial charge in [-0.3, -0.25) is 9.59 Å². The molecule has 148 valence electrons. The van der Waals surface area contributed by atoms with Gasteiger partial charge < -0.3 is 10.2 Å². The SMILES string of the molecule is CC(=O)N1C[C@@H](C(=O)NCc2cccc(C)c2)CC[C@@H]1c1ccc(F)c(C)c1. The zero-order valence-electron chi connectivity index (χ0n) is 16.7. The minimum absolute atomic E-state index is 0.0264. The third-order valence-electron chi connectivity index (χ3n) is 5.47. The van der Waals surface area contributed by atoms with E-state index in [1.54, 1.807) is 24.0 Å². The van der Waals surface area contributed by atoms with Crippen molar-refractivity contribution >= 4 is 11.8 Å². The molecule has 1 heterocycles. The lowest BCUT2D eigenvalue weighted by Crippen LogP contribution is -2.46. The Balaban J connectivity index is 1.67. The fraction of sp³-hybridized carbons (Fsp3) is 0.391. The van der Waals surface area contributed by atoms with Crippen LogP contribution in [0.15, 0.2) is 42.5 Å². The van der Waals surface area contributed by atoms with Crippen molar-refractivity contribution in [2.75, 3.05) is 6.54 Å². The molecule has 1 fully saturated rings. The number of nitrogens with one attached hydrogen (secondary N) is 1. The Bertz CT molecular complexity index is 881. The number of nitrogens with zero attached hydrogens (tertiary/aromatic N) is 1. The Morgan fingerprint density at radius 3 is 2.61 bits per heavy atom. The summed E-state index contributed by atoms with van der Waals surface area (Å²) < 4.78 is 13.6. The molecule has 1 N–H and O–H groups in total. The molecule has 1 aliphatic heterocycles. The zero-order valence-corrected chi connectivity index (χ0v) is 16.7. The lowest BCUT2D eigenvalue weighted by Gasteiger charge is -2.39. The number of aryl methyl sites for hydroxylation is 2. The predicted molar refractivity (Wildman–Crippen MR) is 107 cm³/mol. The topological polar surface area (TPSA) is 49.4 Å². The maximum atomic E-state index is 13.6. The number of hydrogen-bond acceptors (Lipinski definition) is 2. The van der Waals surface area contributed by atoms with E-state index < -0.39 is 0 Å². The summed E-state index contributed by atoms with van der Waals surface area (Å²) in [5, 5.41) is 3.00. The minimum Gasteiger partial charge on any atom is -0.352 e. The Morgan fingerprint density at radius 1 is 1.14 bits per heavy atom. The van der Waals surface area contributed by atoms with Gasteiger partial charge in [0.05, 0.1) is 12.0 Å². The van der Waals surface area contributed by atoms with E-state index in [4.69, 9.17) is 0 Å². The molecule has 0 bridgehead atoms. The smallest absolute Gasteiger partial charge is 0.225 e. The largest absolute Gasteiger partial charge is 0.352 e. The summed E-state index contributed by atoms with van der Waals surface area (Å²) >= 11 is 0. The lowest BCUT2D eigenvalue weighted by molar-refractivity contribution is -0.137. The monoisotopic (exact) mass is 382 g/mol. The standard InChI is InChI=1S/C23H27FN2O2/c1-15-5-4-6-18(11-15)13-25-23(28)20-8-10-22(26(14-20)17(3)27)19-7-9-21(24)16(2)12-19/h4-7,9,11-12,20,22H,8,10,13-14H2,1-3H3,(H,25,28)/t20-,22+/m0/s1. The van der Waals surface area contributed by atoms with E-state index >= 15 is 0 Å². The predicted octanol–water partition coefficient (Wildman–Crippen LogP) is 4.06. The van der Waals surface area contributed by atoms with Crippen LogP contribution in [-0.2, 0) is 16.1 Å². The Labute approximate surface area is 165 Å². The molecule has 0 aromatic heterocycles. The van der Waals surface area contributed by atoms with Gasteiger partial charge in [0.15, 0.2) is 0 Å². The second-order valence-corrected chi connectivity index (χ2v) is 7.68. The number of hydrogen-bond donors (Lipinski definition) is 1. The number of amides is 2. The highest BCUT2D eigenvalue weighted by Crippen LogP contribution is 2.34. The van der Waals surface area contributed by atoms with Crippen LogP contribution in [0.25, 0.3) is 0 Å². The normalized spacial score (nSPS) is 19.4. The van der Waals surface area contributed by atoms with Gasteiger partial charge in [0.2, 0.25) is 11.8 Å². The van der Waals surface area contributed by atoms with E-state index in [1.165, 1.54) is 13.0 Å². The number of piperidine rings is 1. The fourth-order valence-corrected chi connectivity index (χ4v) is 3.91. The molecule has 0 spiro atoms. The first-order valence-electron chi connectivity index (χ1n) is 9.71. The van der Waals surface area contributed by atoms with Crippen LogP contribution in [0.1, 0.15) is 48.1 Å². The van der Waals surface area contributed by atoms with Gasteiger partial charge in [-0.15, -0.1) is 0 Å². The van der Waals surface area contributed by atoms with Gasteiger partial charge in [0, 0.05) is 20.0 Å². The van der Waals surface area contributed by atoms with Crippen LogP contribution >= 0.6 is 0 Å². The Kier molecular flexibility index (Phi) is 6.12. The second-order valence-electron chi connectivity index (χ2n) is 7.68. The van der Waals surface area contributed by atoms with Crippen molar-refractivity contribution in [2.24, 2.45) is 5.92 Å². The van der Waals surface area contributed by atoms with Crippen molar-refractivity contribution in [2.45, 2.75) is 46.2 Å². The molecule has 2 atom stereocenters. The third-order valence-corrected chi connectivity index (χ3v) is 5.47. The average molecular weight is 382 g/mol. The Morgan fingerprint density at radius 2 is 1.93 bits per heavy atom. The molecule has 0 aliphatic carbocycles. The quantitative estimate of drug-likeness (QED) is 0.867. The highest BCUT2D eigenvalue weighted by atomic mass is 19.1. The first kappa shape index (κ1) is 20.1. The molecule has 4 nitrogen and oxygen atoms in total. The van der Waals surface area contributed by atoms with Crippen LogP contribution in [0.4, 0.5) is 4.39 Å². The van der Waals surface area contributed by atoms with Crippen LogP contribution < -0.4 is 5.32 Å². The summed E-state index contributed by atoms with van der Waals surface area (Å²) in [6.07, 6.45) is 1.39. The molecule has 5 heteroatoms. The third kappa shape index (κ3) is 4.58. The number of likely N-dealkylation sites (tertiary alicyclic amines) is 1. The van der Waals surface area contributed by atoms with E-state index in [1.807, 2.05) is 25.1 Å². The van der Waals surface area contributed by atoms with Crippen molar-refractivity contribution in [3.8, 4) is 0 Å². The summed E-state index contributed by atoms with van der Waals surface area (Å²) in [5.74, 6) is -0.571. The average Bonchev–Trinajstić information content (AvgIpc) is 2.68. The van der Waals surface area contributed by atoms with Gasteiger partial charge in [0.25, 0.3) is 0 Å². The first-order valence-corrected chi connectivity index (χ1v) is 9.71. The molecular formula is C23H27FN2O2. The van der Waals surface area contributed by atoms with Gasteiger partial charge >= 0.3 is 0 Å². The van der Waals surface area contributed by atoms with E-state index in [2.05, 4.69) is 11.4 Å². The number of carbonyl (C=O) groups is 2. The first-order chi connectivity index (χ1) is 13.3. The maximum Gasteiger partial charge on any atom is 0.225 e. The number of carbonyl (C=O) groups excluding carboxylic acids is 2. The molecule has 1 saturated heterocycles. The van der Waals surface area contributed by atoms with Crippen molar-refractivity contribution in [3.63, 3.8) is 0 Å². The van der Waals surface area contributed by atoms with E-state index in [9.17, 15) is 14.0 Å². The summed E-state index contributed by atoms with van der Waals surface area (Å²) in [4.78, 5) is 26.7. The van der Waals surface area contributed by atoms with Gasteiger partial charge in [0.1, 0.15) is 5.82 Å². The van der Waals surface area contributed by atoms with Crippen LogP contribution in [0.5, 0.6) is 0 Å². The van der Waals surface area contributed by atoms with Crippen molar-refractivity contribution in [1.82, 2.24) is 10.2 Å². The highest BCUT2D eigenvalue weighted by molar-refractivity contribution is 5.81. The van der Waals surface area contributed by atoms with Crippen molar-refractivity contribution < 1.29 is 14.0 Å². The molecule has 3 rings (SSSR count). The summed E-state index contributed by atoms with van der Waals surface area (Å²) in [7, 11) is 0. The number of halogens is 1. The molecule has 0 unspecified atom stereocenters. The van der Waals surface area contributed by atoms with Crippen LogP contribution in [0.2, 0.25) is 0 Å². The van der Waals surface area contributed by atoms with E-state index in [0.29, 0.717) is 31.5 Å². The fourth-order valence-electron chi connectivity index (χ4n) is 3.91. The number of rotatable bonds is 4. The maximum absolute atomic E-state index is 13.6. The molecule has 28 heavy (non-hydrogen) atoms. The summed E-state index contributed by atoms with van der Waals surface area (Å²) in [6.45, 7) is 6.14. The number of benzene rings is 2. The van der Waals surface area contributed by atoms with Gasteiger partial charge in [-0.2, -0.15) is 0 Å².